The van der Waals surface area contributed by atoms with Crippen LogP contribution in [0.15, 0.2) is 58.9 Å². The van der Waals surface area contributed by atoms with Crippen LogP contribution in [0.2, 0.25) is 10.0 Å². The Kier molecular flexibility index (Phi) is 6.79. The Morgan fingerprint density at radius 2 is 2.00 bits per heavy atom. The number of para-hydroxylation sites is 1. The third-order valence-corrected chi connectivity index (χ3v) is 6.77. The van der Waals surface area contributed by atoms with Gasteiger partial charge in [-0.3, -0.25) is 4.79 Å². The number of carbonyl (C=O) groups excluding carboxylic acids is 1. The summed E-state index contributed by atoms with van der Waals surface area (Å²) in [7, 11) is 0. The lowest BCUT2D eigenvalue weighted by Crippen LogP contribution is -2.31. The number of carbonyl (C=O) groups is 1. The standard InChI is InChI=1S/C23H23Cl2N5OS/c1-4-11-32-23-28-22-26-14(3)19(21(31)27-18-8-6-5-7-13(18)2)20(30(22)29-23)16-10-9-15(24)12-17(16)25/h5-10,12,20H,4,11H2,1-3H3,(H,27,31)(H,26,28,29). The second-order valence-corrected chi connectivity index (χ2v) is 9.42. The van der Waals surface area contributed by atoms with E-state index in [1.807, 2.05) is 44.2 Å². The number of allylic oxidation sites excluding steroid dienone is 1. The maximum atomic E-state index is 13.5. The van der Waals surface area contributed by atoms with Gasteiger partial charge in [0.1, 0.15) is 6.04 Å². The van der Waals surface area contributed by atoms with E-state index in [1.54, 1.807) is 28.6 Å². The lowest BCUT2D eigenvalue weighted by Gasteiger charge is -2.29. The number of amides is 1. The quantitative estimate of drug-likeness (QED) is 0.397. The van der Waals surface area contributed by atoms with Crippen LogP contribution in [-0.2, 0) is 4.79 Å². The van der Waals surface area contributed by atoms with Gasteiger partial charge in [0.05, 0.1) is 5.57 Å². The lowest BCUT2D eigenvalue weighted by molar-refractivity contribution is -0.113. The summed E-state index contributed by atoms with van der Waals surface area (Å²) >= 11 is 14.3. The molecule has 2 heterocycles. The Labute approximate surface area is 201 Å². The van der Waals surface area contributed by atoms with Gasteiger partial charge in [-0.15, -0.1) is 5.10 Å². The van der Waals surface area contributed by atoms with Gasteiger partial charge < -0.3 is 10.6 Å². The minimum absolute atomic E-state index is 0.232. The van der Waals surface area contributed by atoms with Crippen LogP contribution in [0.4, 0.5) is 11.6 Å². The molecule has 1 aliphatic rings. The van der Waals surface area contributed by atoms with Gasteiger partial charge in [-0.1, -0.05) is 66.2 Å². The maximum Gasteiger partial charge on any atom is 0.255 e. The predicted molar refractivity (Wildman–Crippen MR) is 132 cm³/mol. The van der Waals surface area contributed by atoms with Crippen LogP contribution in [0.5, 0.6) is 0 Å². The number of aromatic nitrogens is 3. The van der Waals surface area contributed by atoms with E-state index in [9.17, 15) is 4.79 Å². The summed E-state index contributed by atoms with van der Waals surface area (Å²) in [5.41, 5.74) is 3.66. The number of rotatable bonds is 6. The van der Waals surface area contributed by atoms with Crippen LogP contribution in [0.3, 0.4) is 0 Å². The first-order valence-corrected chi connectivity index (χ1v) is 12.0. The highest BCUT2D eigenvalue weighted by Crippen LogP contribution is 2.40. The Morgan fingerprint density at radius 3 is 2.72 bits per heavy atom. The van der Waals surface area contributed by atoms with Crippen molar-refractivity contribution in [3.8, 4) is 0 Å². The van der Waals surface area contributed by atoms with E-state index in [-0.39, 0.29) is 5.91 Å². The van der Waals surface area contributed by atoms with Crippen molar-refractivity contribution in [1.29, 1.82) is 0 Å². The van der Waals surface area contributed by atoms with Gasteiger partial charge in [0.25, 0.3) is 5.91 Å². The molecule has 0 radical (unpaired) electrons. The van der Waals surface area contributed by atoms with Gasteiger partial charge in [0, 0.05) is 32.7 Å². The Hall–Kier alpha value is -2.48. The number of anilines is 2. The molecule has 1 amide bonds. The Balaban J connectivity index is 1.80. The SMILES string of the molecule is CCCSc1nc2n(n1)C(c1ccc(Cl)cc1Cl)C(C(=O)Nc1ccccc1C)=C(C)N2. The molecule has 0 aliphatic carbocycles. The number of halogens is 2. The molecular formula is C23H23Cl2N5OS. The molecule has 0 fully saturated rings. The molecule has 4 rings (SSSR count). The largest absolute Gasteiger partial charge is 0.328 e. The number of benzene rings is 2. The number of hydrogen-bond donors (Lipinski definition) is 2. The molecule has 2 N–H and O–H groups in total. The van der Waals surface area contributed by atoms with Gasteiger partial charge in [0.15, 0.2) is 0 Å². The predicted octanol–water partition coefficient (Wildman–Crippen LogP) is 6.32. The van der Waals surface area contributed by atoms with E-state index in [0.29, 0.717) is 32.4 Å². The van der Waals surface area contributed by atoms with E-state index < -0.39 is 6.04 Å². The molecule has 0 saturated carbocycles. The highest BCUT2D eigenvalue weighted by atomic mass is 35.5. The first-order chi connectivity index (χ1) is 15.4. The molecular weight excluding hydrogens is 465 g/mol. The number of nitrogens with one attached hydrogen (secondary N) is 2. The maximum absolute atomic E-state index is 13.5. The van der Waals surface area contributed by atoms with Gasteiger partial charge in [0.2, 0.25) is 11.1 Å². The Bertz CT molecular complexity index is 1210. The summed E-state index contributed by atoms with van der Waals surface area (Å²) in [4.78, 5) is 18.2. The fourth-order valence-electron chi connectivity index (χ4n) is 3.59. The lowest BCUT2D eigenvalue weighted by atomic mass is 9.95. The molecule has 3 aromatic rings. The van der Waals surface area contributed by atoms with Crippen molar-refractivity contribution in [3.63, 3.8) is 0 Å². The van der Waals surface area contributed by atoms with Gasteiger partial charge >= 0.3 is 0 Å². The van der Waals surface area contributed by atoms with Crippen molar-refractivity contribution in [3.05, 3.63) is 74.9 Å². The molecule has 1 atom stereocenters. The summed E-state index contributed by atoms with van der Waals surface area (Å²) in [5.74, 6) is 1.25. The molecule has 0 spiro atoms. The second-order valence-electron chi connectivity index (χ2n) is 7.51. The van der Waals surface area contributed by atoms with Crippen molar-refractivity contribution in [2.75, 3.05) is 16.4 Å². The zero-order chi connectivity index (χ0) is 22.8. The molecule has 166 valence electrons. The van der Waals surface area contributed by atoms with E-state index >= 15 is 0 Å². The van der Waals surface area contributed by atoms with Gasteiger partial charge in [-0.25, -0.2) is 4.68 Å². The molecule has 0 bridgehead atoms. The molecule has 32 heavy (non-hydrogen) atoms. The van der Waals surface area contributed by atoms with Crippen LogP contribution < -0.4 is 10.6 Å². The molecule has 1 aromatic heterocycles. The number of fused-ring (bicyclic) bond motifs is 1. The normalized spacial score (nSPS) is 15.3. The van der Waals surface area contributed by atoms with Gasteiger partial charge in [-0.2, -0.15) is 4.98 Å². The van der Waals surface area contributed by atoms with Crippen LogP contribution in [0.1, 0.15) is 37.4 Å². The zero-order valence-corrected chi connectivity index (χ0v) is 20.3. The first kappa shape index (κ1) is 22.7. The highest BCUT2D eigenvalue weighted by molar-refractivity contribution is 7.99. The molecule has 2 aromatic carbocycles. The highest BCUT2D eigenvalue weighted by Gasteiger charge is 2.35. The van der Waals surface area contributed by atoms with Gasteiger partial charge in [-0.05, 0) is 44.0 Å². The van der Waals surface area contributed by atoms with Crippen molar-refractivity contribution >= 4 is 52.5 Å². The van der Waals surface area contributed by atoms with Crippen molar-refractivity contribution in [1.82, 2.24) is 14.8 Å². The number of thioether (sulfide) groups is 1. The summed E-state index contributed by atoms with van der Waals surface area (Å²) in [6.45, 7) is 5.92. The summed E-state index contributed by atoms with van der Waals surface area (Å²) in [6.07, 6.45) is 1.01. The Morgan fingerprint density at radius 1 is 1.22 bits per heavy atom. The first-order valence-electron chi connectivity index (χ1n) is 10.3. The van der Waals surface area contributed by atoms with Crippen molar-refractivity contribution in [2.45, 2.75) is 38.4 Å². The van der Waals surface area contributed by atoms with Crippen molar-refractivity contribution in [2.24, 2.45) is 0 Å². The fraction of sp³-hybridized carbons (Fsp3) is 0.261. The van der Waals surface area contributed by atoms with E-state index in [2.05, 4.69) is 22.5 Å². The minimum Gasteiger partial charge on any atom is -0.328 e. The monoisotopic (exact) mass is 487 g/mol. The summed E-state index contributed by atoms with van der Waals surface area (Å²) in [6, 6.07) is 12.4. The van der Waals surface area contributed by atoms with Crippen LogP contribution in [0, 0.1) is 6.92 Å². The number of aryl methyl sites for hydroxylation is 1. The van der Waals surface area contributed by atoms with E-state index in [1.165, 1.54) is 0 Å². The fourth-order valence-corrected chi connectivity index (χ4v) is 4.79. The van der Waals surface area contributed by atoms with E-state index in [0.717, 1.165) is 29.0 Å². The third kappa shape index (κ3) is 4.51. The smallest absolute Gasteiger partial charge is 0.255 e. The summed E-state index contributed by atoms with van der Waals surface area (Å²) < 4.78 is 1.73. The summed E-state index contributed by atoms with van der Waals surface area (Å²) in [5, 5.41) is 12.6. The number of nitrogens with zero attached hydrogens (tertiary/aromatic N) is 3. The van der Waals surface area contributed by atoms with Crippen LogP contribution in [-0.4, -0.2) is 26.4 Å². The average molecular weight is 488 g/mol. The minimum atomic E-state index is -0.552. The van der Waals surface area contributed by atoms with E-state index in [4.69, 9.17) is 28.3 Å². The molecule has 9 heteroatoms. The van der Waals surface area contributed by atoms with Crippen molar-refractivity contribution < 1.29 is 4.79 Å². The zero-order valence-electron chi connectivity index (χ0n) is 17.9. The molecule has 1 aliphatic heterocycles. The topological polar surface area (TPSA) is 71.8 Å². The average Bonchev–Trinajstić information content (AvgIpc) is 3.15. The second kappa shape index (κ2) is 9.57. The molecule has 0 saturated heterocycles. The number of hydrogen-bond acceptors (Lipinski definition) is 5. The third-order valence-electron chi connectivity index (χ3n) is 5.16. The van der Waals surface area contributed by atoms with Crippen LogP contribution in [0.25, 0.3) is 0 Å². The molecule has 1 unspecified atom stereocenters. The molecule has 6 nitrogen and oxygen atoms in total. The van der Waals surface area contributed by atoms with Crippen LogP contribution >= 0.6 is 35.0 Å².